The molecule has 0 spiro atoms. The van der Waals surface area contributed by atoms with Gasteiger partial charge in [0, 0.05) is 18.2 Å². The van der Waals surface area contributed by atoms with E-state index in [1.54, 1.807) is 0 Å². The van der Waals surface area contributed by atoms with Crippen molar-refractivity contribution in [1.82, 2.24) is 4.57 Å². The average molecular weight is 472 g/mol. The predicted molar refractivity (Wildman–Crippen MR) is 136 cm³/mol. The third kappa shape index (κ3) is 5.38. The minimum atomic E-state index is -2.22. The summed E-state index contributed by atoms with van der Waals surface area (Å²) in [5, 5.41) is 9.85. The van der Waals surface area contributed by atoms with Crippen LogP contribution in [-0.2, 0) is 11.3 Å². The summed E-state index contributed by atoms with van der Waals surface area (Å²) < 4.78 is 14.8. The van der Waals surface area contributed by atoms with Gasteiger partial charge in [-0.1, -0.05) is 51.1 Å². The van der Waals surface area contributed by atoms with Crippen molar-refractivity contribution in [3.8, 4) is 5.75 Å². The number of aliphatic hydroxyl groups excluding tert-OH is 1. The maximum Gasteiger partial charge on any atom is 0.344 e. The summed E-state index contributed by atoms with van der Waals surface area (Å²) in [6.45, 7) is 19.1. The van der Waals surface area contributed by atoms with Crippen LogP contribution in [0.15, 0.2) is 30.3 Å². The molecule has 0 aliphatic heterocycles. The molecule has 1 heterocycles. The Balaban J connectivity index is 2.17. The van der Waals surface area contributed by atoms with Crippen molar-refractivity contribution in [3.05, 3.63) is 52.8 Å². The molecule has 3 rings (SSSR count). The van der Waals surface area contributed by atoms with E-state index >= 15 is 0 Å². The number of hydrogen-bond acceptors (Lipinski definition) is 4. The molecule has 5 nitrogen and oxygen atoms in total. The molecular weight excluding hydrogens is 430 g/mol. The number of rotatable bonds is 7. The lowest BCUT2D eigenvalue weighted by Gasteiger charge is -2.36. The number of ether oxygens (including phenoxy) is 1. The van der Waals surface area contributed by atoms with Gasteiger partial charge in [0.15, 0.2) is 0 Å². The normalized spacial score (nSPS) is 18.8. The zero-order valence-corrected chi connectivity index (χ0v) is 22.8. The van der Waals surface area contributed by atoms with Crippen LogP contribution >= 0.6 is 0 Å². The molecular formula is C27H41NO4Si. The van der Waals surface area contributed by atoms with Crippen molar-refractivity contribution < 1.29 is 19.1 Å². The van der Waals surface area contributed by atoms with Crippen molar-refractivity contribution in [3.63, 3.8) is 0 Å². The molecule has 0 radical (unpaired) electrons. The molecule has 2 aromatic rings. The highest BCUT2D eigenvalue weighted by molar-refractivity contribution is 6.74. The molecule has 1 aromatic carbocycles. The van der Waals surface area contributed by atoms with Crippen LogP contribution in [0.4, 0.5) is 0 Å². The van der Waals surface area contributed by atoms with E-state index in [4.69, 9.17) is 9.16 Å². The molecule has 182 valence electrons. The molecule has 1 N–H and O–H groups in total. The monoisotopic (exact) mass is 471 g/mol. The lowest BCUT2D eigenvalue weighted by molar-refractivity contribution is 0.00661. The maximum atomic E-state index is 13.6. The van der Waals surface area contributed by atoms with E-state index in [1.165, 1.54) is 5.56 Å². The van der Waals surface area contributed by atoms with E-state index in [2.05, 4.69) is 62.7 Å². The molecule has 1 aromatic heterocycles. The first-order chi connectivity index (χ1) is 15.2. The molecule has 1 saturated carbocycles. The first-order valence-corrected chi connectivity index (χ1v) is 14.9. The Morgan fingerprint density at radius 3 is 2.21 bits per heavy atom. The zero-order valence-electron chi connectivity index (χ0n) is 21.8. The topological polar surface area (TPSA) is 60.7 Å². The minimum Gasteiger partial charge on any atom is -0.542 e. The van der Waals surface area contributed by atoms with Gasteiger partial charge in [-0.15, -0.1) is 0 Å². The Labute approximate surface area is 200 Å². The van der Waals surface area contributed by atoms with Gasteiger partial charge in [-0.25, -0.2) is 4.79 Å². The van der Waals surface area contributed by atoms with E-state index in [1.807, 2.05) is 33.8 Å². The van der Waals surface area contributed by atoms with E-state index in [0.29, 0.717) is 23.8 Å². The molecule has 0 saturated heterocycles. The van der Waals surface area contributed by atoms with E-state index in [9.17, 15) is 9.90 Å². The summed E-state index contributed by atoms with van der Waals surface area (Å²) in [7, 11) is -2.22. The van der Waals surface area contributed by atoms with Crippen LogP contribution in [0.25, 0.3) is 0 Å². The molecule has 1 aliphatic rings. The molecule has 0 unspecified atom stereocenters. The Kier molecular flexibility index (Phi) is 6.94. The fourth-order valence-electron chi connectivity index (χ4n) is 4.13. The smallest absolute Gasteiger partial charge is 0.344 e. The third-order valence-corrected chi connectivity index (χ3v) is 11.3. The van der Waals surface area contributed by atoms with Crippen molar-refractivity contribution in [2.75, 3.05) is 6.61 Å². The van der Waals surface area contributed by atoms with Crippen molar-refractivity contribution in [2.24, 2.45) is 0 Å². The molecule has 1 fully saturated rings. The number of aromatic nitrogens is 1. The highest BCUT2D eigenvalue weighted by atomic mass is 28.4. The number of carbonyl (C=O) groups excluding carboxylic acids is 1. The average Bonchev–Trinajstić information content (AvgIpc) is 3.43. The highest BCUT2D eigenvalue weighted by Crippen LogP contribution is 2.57. The predicted octanol–water partition coefficient (Wildman–Crippen LogP) is 6.40. The van der Waals surface area contributed by atoms with Crippen LogP contribution in [0.2, 0.25) is 18.1 Å². The van der Waals surface area contributed by atoms with Gasteiger partial charge in [-0.3, -0.25) is 0 Å². The molecule has 0 bridgehead atoms. The second-order valence-electron chi connectivity index (χ2n) is 11.8. The van der Waals surface area contributed by atoms with E-state index < -0.39 is 13.9 Å². The molecule has 0 amide bonds. The van der Waals surface area contributed by atoms with Gasteiger partial charge in [0.2, 0.25) is 0 Å². The first-order valence-electron chi connectivity index (χ1n) is 12.0. The van der Waals surface area contributed by atoms with Crippen molar-refractivity contribution in [1.29, 1.82) is 0 Å². The number of aliphatic hydroxyl groups is 1. The number of carbonyl (C=O) groups is 1. The number of nitrogens with zero attached hydrogens (tertiary/aromatic N) is 1. The largest absolute Gasteiger partial charge is 0.542 e. The molecule has 1 aliphatic carbocycles. The quantitative estimate of drug-likeness (QED) is 0.375. The van der Waals surface area contributed by atoms with Crippen LogP contribution in [0.1, 0.15) is 87.1 Å². The number of hydrogen-bond donors (Lipinski definition) is 1. The Hall–Kier alpha value is -2.05. The molecule has 33 heavy (non-hydrogen) atoms. The van der Waals surface area contributed by atoms with Crippen LogP contribution in [0, 0.1) is 6.92 Å². The van der Waals surface area contributed by atoms with Gasteiger partial charge < -0.3 is 18.8 Å². The van der Waals surface area contributed by atoms with Crippen molar-refractivity contribution >= 4 is 14.3 Å². The van der Waals surface area contributed by atoms with Gasteiger partial charge in [0.1, 0.15) is 16.9 Å². The highest BCUT2D eigenvalue weighted by Gasteiger charge is 2.47. The Morgan fingerprint density at radius 1 is 1.09 bits per heavy atom. The fourth-order valence-corrected chi connectivity index (χ4v) is 5.20. The second-order valence-corrected chi connectivity index (χ2v) is 16.5. The van der Waals surface area contributed by atoms with Gasteiger partial charge in [0.25, 0.3) is 8.32 Å². The van der Waals surface area contributed by atoms with Crippen LogP contribution in [-0.4, -0.2) is 36.2 Å². The summed E-state index contributed by atoms with van der Waals surface area (Å²) in [6.07, 6.45) is 0.966. The summed E-state index contributed by atoms with van der Waals surface area (Å²) in [6, 6.07) is 10.4. The standard InChI is InChI=1S/C27H41NO4Si/c1-18-24(32-33(8,9)27(5,6)7)22(25(30)31-26(2,3)4)23(28(18)15-16-29)21-17-20(21)19-13-11-10-12-14-19/h10-14,20-21,29H,15-17H2,1-9H3/t20-,21+/m1/s1. The zero-order chi connectivity index (χ0) is 24.8. The summed E-state index contributed by atoms with van der Waals surface area (Å²) >= 11 is 0. The second kappa shape index (κ2) is 8.95. The van der Waals surface area contributed by atoms with Gasteiger partial charge in [-0.05, 0) is 63.7 Å². The Bertz CT molecular complexity index is 996. The molecule has 6 heteroatoms. The molecule has 2 atom stereocenters. The summed E-state index contributed by atoms with van der Waals surface area (Å²) in [4.78, 5) is 13.6. The number of benzene rings is 1. The SMILES string of the molecule is Cc1c(O[Si](C)(C)C(C)(C)C)c(C(=O)OC(C)(C)C)c([C@H]2C[C@@H]2c2ccccc2)n1CCO. The fraction of sp³-hybridized carbons (Fsp3) is 0.593. The van der Waals surface area contributed by atoms with E-state index in [-0.39, 0.29) is 23.5 Å². The Morgan fingerprint density at radius 2 is 1.70 bits per heavy atom. The van der Waals surface area contributed by atoms with Crippen LogP contribution in [0.3, 0.4) is 0 Å². The van der Waals surface area contributed by atoms with Gasteiger partial charge in [0.05, 0.1) is 12.3 Å². The first kappa shape index (κ1) is 25.6. The minimum absolute atomic E-state index is 0.00145. The van der Waals surface area contributed by atoms with Crippen LogP contribution in [0.5, 0.6) is 5.75 Å². The lowest BCUT2D eigenvalue weighted by Crippen LogP contribution is -2.44. The van der Waals surface area contributed by atoms with Gasteiger partial charge >= 0.3 is 5.97 Å². The van der Waals surface area contributed by atoms with Gasteiger partial charge in [-0.2, -0.15) is 0 Å². The maximum absolute atomic E-state index is 13.6. The number of esters is 1. The van der Waals surface area contributed by atoms with E-state index in [0.717, 1.165) is 17.8 Å². The third-order valence-electron chi connectivity index (χ3n) is 6.97. The van der Waals surface area contributed by atoms with Crippen molar-refractivity contribution in [2.45, 2.75) is 97.0 Å². The summed E-state index contributed by atoms with van der Waals surface area (Å²) in [5.41, 5.74) is 3.04. The summed E-state index contributed by atoms with van der Waals surface area (Å²) in [5.74, 6) is 0.833. The lowest BCUT2D eigenvalue weighted by atomic mass is 10.1. The van der Waals surface area contributed by atoms with Crippen LogP contribution < -0.4 is 4.43 Å².